The molecule has 0 aliphatic carbocycles. The second-order valence-corrected chi connectivity index (χ2v) is 5.33. The summed E-state index contributed by atoms with van der Waals surface area (Å²) in [5, 5.41) is 8.92. The van der Waals surface area contributed by atoms with E-state index in [9.17, 15) is 0 Å². The van der Waals surface area contributed by atoms with E-state index in [1.807, 2.05) is 13.8 Å². The van der Waals surface area contributed by atoms with Crippen LogP contribution in [0, 0.1) is 25.2 Å². The first kappa shape index (κ1) is 12.5. The molecule has 0 aliphatic heterocycles. The Labute approximate surface area is 98.4 Å². The van der Waals surface area contributed by atoms with Crippen LogP contribution < -0.4 is 0 Å². The molecular weight excluding hydrogens is 194 g/mol. The standard InChI is InChI=1S/C15H19N/c1-10-7-13(15(4,5)6)8-11(2)14(10)12(3)9-16/h7-8H,3H2,1-2,4-6H3. The molecule has 1 heteroatoms. The van der Waals surface area contributed by atoms with E-state index < -0.39 is 0 Å². The Morgan fingerprint density at radius 3 is 1.94 bits per heavy atom. The van der Waals surface area contributed by atoms with Crippen LogP contribution in [0.5, 0.6) is 0 Å². The number of hydrogen-bond donors (Lipinski definition) is 0. The maximum atomic E-state index is 8.92. The minimum absolute atomic E-state index is 0.141. The molecule has 0 aliphatic rings. The van der Waals surface area contributed by atoms with Crippen molar-refractivity contribution >= 4 is 5.57 Å². The zero-order chi connectivity index (χ0) is 12.5. The fraction of sp³-hybridized carbons (Fsp3) is 0.400. The highest BCUT2D eigenvalue weighted by molar-refractivity contribution is 5.78. The molecule has 0 aromatic heterocycles. The van der Waals surface area contributed by atoms with Gasteiger partial charge >= 0.3 is 0 Å². The molecule has 0 radical (unpaired) electrons. The Kier molecular flexibility index (Phi) is 3.24. The first-order valence-corrected chi connectivity index (χ1v) is 5.48. The van der Waals surface area contributed by atoms with Crippen LogP contribution in [0.2, 0.25) is 0 Å². The highest BCUT2D eigenvalue weighted by atomic mass is 14.3. The first-order chi connectivity index (χ1) is 7.27. The van der Waals surface area contributed by atoms with E-state index in [0.717, 1.165) is 16.7 Å². The molecule has 16 heavy (non-hydrogen) atoms. The minimum Gasteiger partial charge on any atom is -0.192 e. The number of aryl methyl sites for hydroxylation is 2. The van der Waals surface area contributed by atoms with Crippen LogP contribution in [-0.2, 0) is 5.41 Å². The zero-order valence-corrected chi connectivity index (χ0v) is 10.8. The molecule has 84 valence electrons. The molecule has 1 nitrogen and oxygen atoms in total. The third kappa shape index (κ3) is 2.33. The average molecular weight is 213 g/mol. The van der Waals surface area contributed by atoms with Crippen LogP contribution in [0.25, 0.3) is 5.57 Å². The summed E-state index contributed by atoms with van der Waals surface area (Å²) in [7, 11) is 0. The molecule has 0 saturated carbocycles. The van der Waals surface area contributed by atoms with Crippen molar-refractivity contribution < 1.29 is 0 Å². The Balaban J connectivity index is 3.41. The van der Waals surface area contributed by atoms with Gasteiger partial charge in [-0.25, -0.2) is 0 Å². The van der Waals surface area contributed by atoms with Crippen molar-refractivity contribution in [2.75, 3.05) is 0 Å². The third-order valence-corrected chi connectivity index (χ3v) is 2.84. The van der Waals surface area contributed by atoms with Crippen molar-refractivity contribution in [1.82, 2.24) is 0 Å². The monoisotopic (exact) mass is 213 g/mol. The summed E-state index contributed by atoms with van der Waals surface area (Å²) in [4.78, 5) is 0. The van der Waals surface area contributed by atoms with Gasteiger partial charge in [-0.1, -0.05) is 39.5 Å². The number of nitriles is 1. The van der Waals surface area contributed by atoms with Crippen molar-refractivity contribution in [3.8, 4) is 6.07 Å². The van der Waals surface area contributed by atoms with Gasteiger partial charge in [0.15, 0.2) is 0 Å². The quantitative estimate of drug-likeness (QED) is 0.643. The van der Waals surface area contributed by atoms with Gasteiger partial charge in [0.1, 0.15) is 0 Å². The highest BCUT2D eigenvalue weighted by Crippen LogP contribution is 2.29. The molecule has 0 unspecified atom stereocenters. The Morgan fingerprint density at radius 2 is 1.62 bits per heavy atom. The third-order valence-electron chi connectivity index (χ3n) is 2.84. The highest BCUT2D eigenvalue weighted by Gasteiger charge is 2.16. The lowest BCUT2D eigenvalue weighted by molar-refractivity contribution is 0.589. The lowest BCUT2D eigenvalue weighted by atomic mass is 9.83. The summed E-state index contributed by atoms with van der Waals surface area (Å²) < 4.78 is 0. The number of hydrogen-bond acceptors (Lipinski definition) is 1. The van der Waals surface area contributed by atoms with Gasteiger partial charge < -0.3 is 0 Å². The fourth-order valence-corrected chi connectivity index (χ4v) is 1.93. The predicted molar refractivity (Wildman–Crippen MR) is 69.3 cm³/mol. The molecule has 0 bridgehead atoms. The average Bonchev–Trinajstić information content (AvgIpc) is 2.14. The lowest BCUT2D eigenvalue weighted by Gasteiger charge is -2.22. The normalized spacial score (nSPS) is 11.0. The number of benzene rings is 1. The van der Waals surface area contributed by atoms with E-state index in [-0.39, 0.29) is 5.41 Å². The van der Waals surface area contributed by atoms with E-state index >= 15 is 0 Å². The topological polar surface area (TPSA) is 23.8 Å². The van der Waals surface area contributed by atoms with E-state index in [1.165, 1.54) is 5.56 Å². The van der Waals surface area contributed by atoms with E-state index in [4.69, 9.17) is 5.26 Å². The van der Waals surface area contributed by atoms with Crippen molar-refractivity contribution in [3.63, 3.8) is 0 Å². The summed E-state index contributed by atoms with van der Waals surface area (Å²) in [6.45, 7) is 14.5. The van der Waals surface area contributed by atoms with Gasteiger partial charge in [0.25, 0.3) is 0 Å². The second kappa shape index (κ2) is 4.14. The fourth-order valence-electron chi connectivity index (χ4n) is 1.93. The Hall–Kier alpha value is -1.55. The van der Waals surface area contributed by atoms with E-state index in [0.29, 0.717) is 5.57 Å². The minimum atomic E-state index is 0.141. The summed E-state index contributed by atoms with van der Waals surface area (Å²) in [6, 6.07) is 6.44. The molecular formula is C15H19N. The molecule has 0 atom stereocenters. The van der Waals surface area contributed by atoms with Crippen LogP contribution in [0.1, 0.15) is 43.0 Å². The maximum absolute atomic E-state index is 8.92. The van der Waals surface area contributed by atoms with Gasteiger partial charge in [-0.2, -0.15) is 5.26 Å². The summed E-state index contributed by atoms with van der Waals surface area (Å²) >= 11 is 0. The van der Waals surface area contributed by atoms with Crippen molar-refractivity contribution in [1.29, 1.82) is 5.26 Å². The molecule has 0 heterocycles. The molecule has 1 aromatic carbocycles. The van der Waals surface area contributed by atoms with Gasteiger partial charge in [0.05, 0.1) is 11.6 Å². The van der Waals surface area contributed by atoms with Crippen molar-refractivity contribution in [2.45, 2.75) is 40.0 Å². The van der Waals surface area contributed by atoms with Crippen LogP contribution in [0.3, 0.4) is 0 Å². The predicted octanol–water partition coefficient (Wildman–Crippen LogP) is 4.14. The van der Waals surface area contributed by atoms with E-state index in [1.54, 1.807) is 0 Å². The van der Waals surface area contributed by atoms with Crippen LogP contribution in [0.15, 0.2) is 18.7 Å². The van der Waals surface area contributed by atoms with Crippen LogP contribution >= 0.6 is 0 Å². The number of allylic oxidation sites excluding steroid dienone is 1. The lowest BCUT2D eigenvalue weighted by Crippen LogP contribution is -2.12. The second-order valence-electron chi connectivity index (χ2n) is 5.33. The molecule has 1 aromatic rings. The molecule has 0 spiro atoms. The van der Waals surface area contributed by atoms with Gasteiger partial charge in [-0.15, -0.1) is 0 Å². The SMILES string of the molecule is C=C(C#N)c1c(C)cc(C(C)(C)C)cc1C. The smallest absolute Gasteiger partial charge is 0.0991 e. The number of nitrogens with zero attached hydrogens (tertiary/aromatic N) is 1. The van der Waals surface area contributed by atoms with Gasteiger partial charge in [0, 0.05) is 0 Å². The maximum Gasteiger partial charge on any atom is 0.0991 e. The zero-order valence-electron chi connectivity index (χ0n) is 10.8. The Bertz CT molecular complexity index is 444. The first-order valence-electron chi connectivity index (χ1n) is 5.48. The van der Waals surface area contributed by atoms with Gasteiger partial charge in [0.2, 0.25) is 0 Å². The molecule has 0 saturated heterocycles. The molecule has 1 rings (SSSR count). The van der Waals surface area contributed by atoms with Gasteiger partial charge in [-0.05, 0) is 41.5 Å². The number of rotatable bonds is 1. The van der Waals surface area contributed by atoms with E-state index in [2.05, 4.69) is 45.6 Å². The van der Waals surface area contributed by atoms with Gasteiger partial charge in [-0.3, -0.25) is 0 Å². The van der Waals surface area contributed by atoms with Crippen LogP contribution in [-0.4, -0.2) is 0 Å². The molecule has 0 fully saturated rings. The van der Waals surface area contributed by atoms with Crippen molar-refractivity contribution in [2.24, 2.45) is 0 Å². The van der Waals surface area contributed by atoms with Crippen LogP contribution in [0.4, 0.5) is 0 Å². The van der Waals surface area contributed by atoms with Crippen molar-refractivity contribution in [3.05, 3.63) is 41.0 Å². The summed E-state index contributed by atoms with van der Waals surface area (Å²) in [5.41, 5.74) is 5.26. The largest absolute Gasteiger partial charge is 0.192 e. The Morgan fingerprint density at radius 1 is 1.19 bits per heavy atom. The summed E-state index contributed by atoms with van der Waals surface area (Å²) in [5.74, 6) is 0. The summed E-state index contributed by atoms with van der Waals surface area (Å²) in [6.07, 6.45) is 0. The molecule has 0 amide bonds. The molecule has 0 N–H and O–H groups in total.